The molecule has 0 aliphatic rings. The Hall–Kier alpha value is -3.26. The Kier molecular flexibility index (Phi) is 7.51. The van der Waals surface area contributed by atoms with E-state index < -0.39 is 0 Å². The number of methoxy groups -OCH3 is 2. The van der Waals surface area contributed by atoms with Crippen molar-refractivity contribution in [3.8, 4) is 11.5 Å². The molecule has 0 aliphatic carbocycles. The van der Waals surface area contributed by atoms with Crippen LogP contribution in [0.25, 0.3) is 0 Å². The smallest absolute Gasteiger partial charge is 0.251 e. The molecule has 8 heteroatoms. The molecule has 3 rings (SSSR count). The molecular formula is C22H23N3O4S. The summed E-state index contributed by atoms with van der Waals surface area (Å²) in [6.07, 6.45) is 0.0284. The van der Waals surface area contributed by atoms with Crippen LogP contribution in [0.15, 0.2) is 64.5 Å². The summed E-state index contributed by atoms with van der Waals surface area (Å²) >= 11 is 1.39. The van der Waals surface area contributed by atoms with Crippen LogP contribution in [0, 0.1) is 0 Å². The number of aromatic amines is 1. The highest BCUT2D eigenvalue weighted by Gasteiger charge is 2.09. The molecule has 30 heavy (non-hydrogen) atoms. The van der Waals surface area contributed by atoms with Gasteiger partial charge in [-0.05, 0) is 35.4 Å². The first-order chi connectivity index (χ1) is 14.6. The second kappa shape index (κ2) is 10.5. The zero-order valence-electron chi connectivity index (χ0n) is 16.8. The van der Waals surface area contributed by atoms with Crippen molar-refractivity contribution in [1.82, 2.24) is 15.3 Å². The number of rotatable bonds is 9. The first kappa shape index (κ1) is 21.4. The molecule has 0 spiro atoms. The van der Waals surface area contributed by atoms with Gasteiger partial charge in [-0.15, -0.1) is 0 Å². The lowest BCUT2D eigenvalue weighted by Crippen LogP contribution is -2.25. The zero-order valence-corrected chi connectivity index (χ0v) is 17.6. The van der Waals surface area contributed by atoms with E-state index in [4.69, 9.17) is 9.47 Å². The normalized spacial score (nSPS) is 10.5. The Morgan fingerprint density at radius 1 is 1.03 bits per heavy atom. The van der Waals surface area contributed by atoms with Gasteiger partial charge >= 0.3 is 0 Å². The molecule has 2 N–H and O–H groups in total. The van der Waals surface area contributed by atoms with Gasteiger partial charge in [0.05, 0.1) is 26.3 Å². The van der Waals surface area contributed by atoms with E-state index in [9.17, 15) is 9.59 Å². The van der Waals surface area contributed by atoms with Gasteiger partial charge in [0.25, 0.3) is 5.56 Å². The van der Waals surface area contributed by atoms with Crippen molar-refractivity contribution in [2.45, 2.75) is 23.9 Å². The Morgan fingerprint density at radius 2 is 1.70 bits per heavy atom. The van der Waals surface area contributed by atoms with Crippen molar-refractivity contribution in [3.63, 3.8) is 0 Å². The van der Waals surface area contributed by atoms with Crippen LogP contribution < -0.4 is 20.3 Å². The zero-order chi connectivity index (χ0) is 21.3. The van der Waals surface area contributed by atoms with Gasteiger partial charge in [0, 0.05) is 18.4 Å². The van der Waals surface area contributed by atoms with Crippen LogP contribution in [-0.2, 0) is 23.5 Å². The molecule has 0 atom stereocenters. The van der Waals surface area contributed by atoms with Gasteiger partial charge < -0.3 is 19.8 Å². The molecule has 0 aliphatic heterocycles. The third-order valence-electron chi connectivity index (χ3n) is 4.25. The van der Waals surface area contributed by atoms with E-state index in [2.05, 4.69) is 15.3 Å². The molecule has 0 saturated heterocycles. The van der Waals surface area contributed by atoms with Crippen LogP contribution in [0.1, 0.15) is 16.8 Å². The maximum atomic E-state index is 12.3. The molecule has 0 saturated carbocycles. The third-order valence-corrected chi connectivity index (χ3v) is 5.19. The Labute approximate surface area is 178 Å². The van der Waals surface area contributed by atoms with Crippen molar-refractivity contribution in [3.05, 3.63) is 81.8 Å². The van der Waals surface area contributed by atoms with Crippen molar-refractivity contribution >= 4 is 17.7 Å². The molecule has 1 amide bonds. The Morgan fingerprint density at radius 3 is 2.40 bits per heavy atom. The summed E-state index contributed by atoms with van der Waals surface area (Å²) in [6, 6.07) is 16.5. The number of H-pyrrole nitrogens is 1. The van der Waals surface area contributed by atoms with E-state index in [-0.39, 0.29) is 17.9 Å². The minimum absolute atomic E-state index is 0.0284. The van der Waals surface area contributed by atoms with Gasteiger partial charge in [0.2, 0.25) is 5.91 Å². The van der Waals surface area contributed by atoms with Crippen LogP contribution in [-0.4, -0.2) is 30.1 Å². The van der Waals surface area contributed by atoms with Gasteiger partial charge in [0.15, 0.2) is 5.16 Å². The fourth-order valence-corrected chi connectivity index (χ4v) is 3.60. The van der Waals surface area contributed by atoms with Crippen molar-refractivity contribution in [2.24, 2.45) is 0 Å². The molecule has 2 aromatic carbocycles. The quantitative estimate of drug-likeness (QED) is 0.404. The van der Waals surface area contributed by atoms with E-state index in [1.54, 1.807) is 14.2 Å². The van der Waals surface area contributed by atoms with E-state index in [1.165, 1.54) is 17.8 Å². The summed E-state index contributed by atoms with van der Waals surface area (Å²) in [6.45, 7) is 0.372. The summed E-state index contributed by atoms with van der Waals surface area (Å²) in [5.74, 6) is 1.91. The number of carbonyl (C=O) groups is 1. The van der Waals surface area contributed by atoms with Crippen LogP contribution in [0.4, 0.5) is 0 Å². The number of aromatic nitrogens is 2. The first-order valence-corrected chi connectivity index (χ1v) is 10.3. The number of hydrogen-bond acceptors (Lipinski definition) is 6. The number of nitrogens with one attached hydrogen (secondary N) is 2. The molecule has 1 aromatic heterocycles. The van der Waals surface area contributed by atoms with Gasteiger partial charge in [-0.2, -0.15) is 0 Å². The summed E-state index contributed by atoms with van der Waals surface area (Å²) in [7, 11) is 3.22. The molecule has 0 bridgehead atoms. The molecular weight excluding hydrogens is 402 g/mol. The van der Waals surface area contributed by atoms with Crippen LogP contribution in [0.3, 0.4) is 0 Å². The standard InChI is InChI=1S/C22H23N3O4S/c1-28-18-7-3-5-15(9-18)13-23-20(26)11-17-12-21(27)25-22(24-17)30-14-16-6-4-8-19(10-16)29-2/h3-10,12H,11,13-14H2,1-2H3,(H,23,26)(H,24,25,27). The van der Waals surface area contributed by atoms with Gasteiger partial charge in [-0.3, -0.25) is 9.59 Å². The maximum absolute atomic E-state index is 12.3. The van der Waals surface area contributed by atoms with Gasteiger partial charge in [-0.25, -0.2) is 4.98 Å². The van der Waals surface area contributed by atoms with Crippen LogP contribution >= 0.6 is 11.8 Å². The van der Waals surface area contributed by atoms with Crippen molar-refractivity contribution < 1.29 is 14.3 Å². The molecule has 156 valence electrons. The number of thioether (sulfide) groups is 1. The second-order valence-corrected chi connectivity index (χ2v) is 7.45. The molecule has 0 radical (unpaired) electrons. The van der Waals surface area contributed by atoms with Crippen LogP contribution in [0.2, 0.25) is 0 Å². The first-order valence-electron chi connectivity index (χ1n) is 9.31. The average Bonchev–Trinajstić information content (AvgIpc) is 2.76. The van der Waals surface area contributed by atoms with Gasteiger partial charge in [-0.1, -0.05) is 36.0 Å². The van der Waals surface area contributed by atoms with Crippen LogP contribution in [0.5, 0.6) is 11.5 Å². The maximum Gasteiger partial charge on any atom is 0.251 e. The summed E-state index contributed by atoms with van der Waals surface area (Å²) in [5, 5.41) is 3.31. The second-order valence-electron chi connectivity index (χ2n) is 6.49. The summed E-state index contributed by atoms with van der Waals surface area (Å²) in [5.41, 5.74) is 2.11. The van der Waals surface area contributed by atoms with Crippen molar-refractivity contribution in [2.75, 3.05) is 14.2 Å². The average molecular weight is 426 g/mol. The van der Waals surface area contributed by atoms with Gasteiger partial charge in [0.1, 0.15) is 11.5 Å². The number of carbonyl (C=O) groups excluding carboxylic acids is 1. The van der Waals surface area contributed by atoms with E-state index in [1.807, 2.05) is 48.5 Å². The third kappa shape index (κ3) is 6.38. The number of nitrogens with zero attached hydrogens (tertiary/aromatic N) is 1. The summed E-state index contributed by atoms with van der Waals surface area (Å²) < 4.78 is 10.4. The number of benzene rings is 2. The monoisotopic (exact) mass is 425 g/mol. The van der Waals surface area contributed by atoms with E-state index >= 15 is 0 Å². The highest BCUT2D eigenvalue weighted by atomic mass is 32.2. The lowest BCUT2D eigenvalue weighted by molar-refractivity contribution is -0.120. The lowest BCUT2D eigenvalue weighted by Gasteiger charge is -2.08. The van der Waals surface area contributed by atoms with E-state index in [0.717, 1.165) is 22.6 Å². The predicted molar refractivity (Wildman–Crippen MR) is 116 cm³/mol. The Bertz CT molecular complexity index is 1070. The van der Waals surface area contributed by atoms with Crippen molar-refractivity contribution in [1.29, 1.82) is 0 Å². The largest absolute Gasteiger partial charge is 0.497 e. The molecule has 7 nitrogen and oxygen atoms in total. The molecule has 3 aromatic rings. The molecule has 1 heterocycles. The van der Waals surface area contributed by atoms with E-state index in [0.29, 0.717) is 23.1 Å². The summed E-state index contributed by atoms with van der Waals surface area (Å²) in [4.78, 5) is 31.4. The highest BCUT2D eigenvalue weighted by Crippen LogP contribution is 2.21. The fraction of sp³-hybridized carbons (Fsp3) is 0.227. The molecule has 0 unspecified atom stereocenters. The fourth-order valence-electron chi connectivity index (χ4n) is 2.77. The number of ether oxygens (including phenoxy) is 2. The minimum Gasteiger partial charge on any atom is -0.497 e. The predicted octanol–water partition coefficient (Wildman–Crippen LogP) is 2.94. The topological polar surface area (TPSA) is 93.3 Å². The highest BCUT2D eigenvalue weighted by molar-refractivity contribution is 7.98. The lowest BCUT2D eigenvalue weighted by atomic mass is 10.2. The SMILES string of the molecule is COc1cccc(CNC(=O)Cc2cc(=O)[nH]c(SCc3cccc(OC)c3)n2)c1. The number of hydrogen-bond donors (Lipinski definition) is 2. The Balaban J connectivity index is 1.58. The number of amides is 1. The minimum atomic E-state index is -0.284. The molecule has 0 fully saturated rings.